The zero-order valence-electron chi connectivity index (χ0n) is 12.3. The average Bonchev–Trinajstić information content (AvgIpc) is 3.14. The number of hydrogen-bond acceptors (Lipinski definition) is 5. The Morgan fingerprint density at radius 3 is 2.21 bits per heavy atom. The standard InChI is InChI=1S/C18H10N2O4/c21-16-11-3-1-2-4-12(11)17(22)14-9-10(5-6-13(14)16)20-18(23)15-7-8-19-24-15/h1-9H,(H,20,23). The summed E-state index contributed by atoms with van der Waals surface area (Å²) in [7, 11) is 0. The van der Waals surface area contributed by atoms with Gasteiger partial charge < -0.3 is 9.84 Å². The van der Waals surface area contributed by atoms with Crippen LogP contribution in [0.2, 0.25) is 0 Å². The minimum absolute atomic E-state index is 0.0560. The molecular formula is C18H10N2O4. The van der Waals surface area contributed by atoms with E-state index in [0.717, 1.165) is 0 Å². The molecule has 0 bridgehead atoms. The number of carbonyl (C=O) groups is 3. The molecule has 3 aromatic rings. The summed E-state index contributed by atoms with van der Waals surface area (Å²) in [5.74, 6) is -0.868. The van der Waals surface area contributed by atoms with Crippen LogP contribution in [-0.4, -0.2) is 22.6 Å². The van der Waals surface area contributed by atoms with Crippen molar-refractivity contribution < 1.29 is 18.9 Å². The van der Waals surface area contributed by atoms with E-state index in [9.17, 15) is 14.4 Å². The predicted octanol–water partition coefficient (Wildman–Crippen LogP) is 2.70. The molecule has 0 saturated carbocycles. The Labute approximate surface area is 136 Å². The van der Waals surface area contributed by atoms with Gasteiger partial charge in [-0.2, -0.15) is 0 Å². The third-order valence-corrected chi connectivity index (χ3v) is 3.84. The number of anilines is 1. The van der Waals surface area contributed by atoms with E-state index in [1.165, 1.54) is 18.3 Å². The molecular weight excluding hydrogens is 308 g/mol. The summed E-state index contributed by atoms with van der Waals surface area (Å²) in [6, 6.07) is 12.7. The topological polar surface area (TPSA) is 89.3 Å². The fourth-order valence-electron chi connectivity index (χ4n) is 2.70. The van der Waals surface area contributed by atoms with Crippen LogP contribution in [0.4, 0.5) is 5.69 Å². The van der Waals surface area contributed by atoms with Crippen molar-refractivity contribution in [1.29, 1.82) is 0 Å². The highest BCUT2D eigenvalue weighted by atomic mass is 16.5. The number of amides is 1. The molecule has 2 aromatic carbocycles. The van der Waals surface area contributed by atoms with Crippen molar-refractivity contribution in [2.75, 3.05) is 5.32 Å². The van der Waals surface area contributed by atoms with Crippen LogP contribution in [0.1, 0.15) is 42.4 Å². The van der Waals surface area contributed by atoms with Gasteiger partial charge in [-0.1, -0.05) is 29.4 Å². The highest BCUT2D eigenvalue weighted by Gasteiger charge is 2.29. The molecule has 6 nitrogen and oxygen atoms in total. The minimum Gasteiger partial charge on any atom is -0.351 e. The Hall–Kier alpha value is -3.54. The third-order valence-electron chi connectivity index (χ3n) is 3.84. The number of fused-ring (bicyclic) bond motifs is 2. The number of nitrogens with one attached hydrogen (secondary N) is 1. The highest BCUT2D eigenvalue weighted by Crippen LogP contribution is 2.29. The summed E-state index contributed by atoms with van der Waals surface area (Å²) in [5.41, 5.74) is 1.77. The average molecular weight is 318 g/mol. The Morgan fingerprint density at radius 1 is 0.875 bits per heavy atom. The maximum atomic E-state index is 12.6. The van der Waals surface area contributed by atoms with Crippen molar-refractivity contribution in [2.24, 2.45) is 0 Å². The van der Waals surface area contributed by atoms with E-state index in [1.54, 1.807) is 36.4 Å². The number of ketones is 2. The molecule has 0 fully saturated rings. The van der Waals surface area contributed by atoms with Gasteiger partial charge in [0.25, 0.3) is 5.91 Å². The van der Waals surface area contributed by atoms with Gasteiger partial charge in [0.15, 0.2) is 11.6 Å². The second-order valence-corrected chi connectivity index (χ2v) is 5.30. The lowest BCUT2D eigenvalue weighted by Crippen LogP contribution is -2.21. The van der Waals surface area contributed by atoms with Crippen molar-refractivity contribution in [3.05, 3.63) is 82.7 Å². The smallest absolute Gasteiger partial charge is 0.294 e. The van der Waals surface area contributed by atoms with Gasteiger partial charge in [0, 0.05) is 34.0 Å². The van der Waals surface area contributed by atoms with E-state index < -0.39 is 5.91 Å². The predicted molar refractivity (Wildman–Crippen MR) is 84.2 cm³/mol. The highest BCUT2D eigenvalue weighted by molar-refractivity contribution is 6.28. The molecule has 0 aliphatic heterocycles. The molecule has 1 heterocycles. The Morgan fingerprint density at radius 2 is 1.54 bits per heavy atom. The van der Waals surface area contributed by atoms with Gasteiger partial charge in [0.1, 0.15) is 0 Å². The molecule has 116 valence electrons. The van der Waals surface area contributed by atoms with E-state index in [-0.39, 0.29) is 22.9 Å². The number of carbonyl (C=O) groups excluding carboxylic acids is 3. The molecule has 1 amide bonds. The van der Waals surface area contributed by atoms with Crippen molar-refractivity contribution in [3.8, 4) is 0 Å². The maximum absolute atomic E-state index is 12.6. The van der Waals surface area contributed by atoms with E-state index in [1.807, 2.05) is 0 Å². The van der Waals surface area contributed by atoms with Crippen LogP contribution in [0.25, 0.3) is 0 Å². The minimum atomic E-state index is -0.484. The number of hydrogen-bond donors (Lipinski definition) is 1. The van der Waals surface area contributed by atoms with Crippen LogP contribution in [-0.2, 0) is 0 Å². The van der Waals surface area contributed by atoms with Gasteiger partial charge in [-0.3, -0.25) is 14.4 Å². The Kier molecular flexibility index (Phi) is 3.09. The Bertz CT molecular complexity index is 990. The van der Waals surface area contributed by atoms with E-state index >= 15 is 0 Å². The molecule has 24 heavy (non-hydrogen) atoms. The van der Waals surface area contributed by atoms with Crippen molar-refractivity contribution in [1.82, 2.24) is 5.16 Å². The monoisotopic (exact) mass is 318 g/mol. The van der Waals surface area contributed by atoms with Crippen LogP contribution in [0.15, 0.2) is 59.3 Å². The fraction of sp³-hybridized carbons (Fsp3) is 0. The van der Waals surface area contributed by atoms with Gasteiger partial charge >= 0.3 is 0 Å². The summed E-state index contributed by atoms with van der Waals surface area (Å²) in [4.78, 5) is 37.1. The van der Waals surface area contributed by atoms with Crippen LogP contribution in [0.3, 0.4) is 0 Å². The second kappa shape index (κ2) is 5.27. The van der Waals surface area contributed by atoms with E-state index in [0.29, 0.717) is 22.4 Å². The maximum Gasteiger partial charge on any atom is 0.294 e. The molecule has 4 rings (SSSR count). The number of rotatable bonds is 2. The summed E-state index contributed by atoms with van der Waals surface area (Å²) in [6.45, 7) is 0. The molecule has 0 spiro atoms. The summed E-state index contributed by atoms with van der Waals surface area (Å²) < 4.78 is 4.78. The Balaban J connectivity index is 1.72. The van der Waals surface area contributed by atoms with Gasteiger partial charge in [-0.25, -0.2) is 0 Å². The lowest BCUT2D eigenvalue weighted by molar-refractivity contribution is 0.0978. The van der Waals surface area contributed by atoms with Crippen molar-refractivity contribution >= 4 is 23.2 Å². The molecule has 0 atom stereocenters. The summed E-state index contributed by atoms with van der Waals surface area (Å²) in [5, 5.41) is 6.09. The number of nitrogens with zero attached hydrogens (tertiary/aromatic N) is 1. The summed E-state index contributed by atoms with van der Waals surface area (Å²) >= 11 is 0. The largest absolute Gasteiger partial charge is 0.351 e. The number of benzene rings is 2. The normalized spacial score (nSPS) is 12.5. The molecule has 1 N–H and O–H groups in total. The van der Waals surface area contributed by atoms with Crippen molar-refractivity contribution in [3.63, 3.8) is 0 Å². The molecule has 0 radical (unpaired) electrons. The SMILES string of the molecule is O=C(Nc1ccc2c(c1)C(=O)c1ccccc1C2=O)c1ccno1. The first-order chi connectivity index (χ1) is 11.6. The lowest BCUT2D eigenvalue weighted by atomic mass is 9.84. The third kappa shape index (κ3) is 2.13. The first-order valence-electron chi connectivity index (χ1n) is 7.19. The zero-order valence-corrected chi connectivity index (χ0v) is 12.3. The van der Waals surface area contributed by atoms with E-state index in [2.05, 4.69) is 10.5 Å². The molecule has 1 aliphatic carbocycles. The van der Waals surface area contributed by atoms with Gasteiger partial charge in [-0.15, -0.1) is 0 Å². The molecule has 1 aromatic heterocycles. The van der Waals surface area contributed by atoms with Crippen LogP contribution in [0, 0.1) is 0 Å². The molecule has 1 aliphatic rings. The van der Waals surface area contributed by atoms with Crippen LogP contribution in [0.5, 0.6) is 0 Å². The first kappa shape index (κ1) is 14.1. The molecule has 0 unspecified atom stereocenters. The second-order valence-electron chi connectivity index (χ2n) is 5.30. The quantitative estimate of drug-likeness (QED) is 0.614. The zero-order chi connectivity index (χ0) is 16.7. The van der Waals surface area contributed by atoms with Gasteiger partial charge in [0.2, 0.25) is 5.76 Å². The lowest BCUT2D eigenvalue weighted by Gasteiger charge is -2.18. The van der Waals surface area contributed by atoms with Crippen molar-refractivity contribution in [2.45, 2.75) is 0 Å². The fourth-order valence-corrected chi connectivity index (χ4v) is 2.70. The number of aromatic nitrogens is 1. The van der Waals surface area contributed by atoms with Crippen LogP contribution >= 0.6 is 0 Å². The molecule has 6 heteroatoms. The summed E-state index contributed by atoms with van der Waals surface area (Å²) in [6.07, 6.45) is 1.36. The molecule has 0 saturated heterocycles. The van der Waals surface area contributed by atoms with Gasteiger partial charge in [-0.05, 0) is 18.2 Å². The first-order valence-corrected chi connectivity index (χ1v) is 7.19. The van der Waals surface area contributed by atoms with E-state index in [4.69, 9.17) is 4.52 Å². The van der Waals surface area contributed by atoms with Gasteiger partial charge in [0.05, 0.1) is 6.20 Å². The van der Waals surface area contributed by atoms with Crippen LogP contribution < -0.4 is 5.32 Å².